The molecule has 10 nitrogen and oxygen atoms in total. The summed E-state index contributed by atoms with van der Waals surface area (Å²) < 4.78 is 13.3. The number of benzene rings is 3. The SMILES string of the molecule is COc1ccc(Cn2c(CCc3c[nH]c4ccccc34)nnc2[C@H](Cc2c[nH]c3ccccc23)NC(=O)C(C)(C)N)c(OC)c1. The third-order valence-electron chi connectivity index (χ3n) is 8.27. The maximum Gasteiger partial charge on any atom is 0.240 e. The number of hydrogen-bond acceptors (Lipinski definition) is 6. The number of rotatable bonds is 12. The molecule has 0 saturated carbocycles. The smallest absolute Gasteiger partial charge is 0.240 e. The number of aromatic nitrogens is 5. The molecule has 0 radical (unpaired) electrons. The molecule has 0 spiro atoms. The van der Waals surface area contributed by atoms with Gasteiger partial charge in [0.25, 0.3) is 0 Å². The van der Waals surface area contributed by atoms with Crippen LogP contribution in [0.5, 0.6) is 11.5 Å². The zero-order valence-corrected chi connectivity index (χ0v) is 26.1. The van der Waals surface area contributed by atoms with E-state index in [1.807, 2.05) is 54.7 Å². The van der Waals surface area contributed by atoms with Gasteiger partial charge >= 0.3 is 0 Å². The lowest BCUT2D eigenvalue weighted by atomic mass is 10.0. The number of ether oxygens (including phenoxy) is 2. The zero-order chi connectivity index (χ0) is 31.6. The Hall–Kier alpha value is -5.09. The summed E-state index contributed by atoms with van der Waals surface area (Å²) in [6.45, 7) is 3.83. The first-order chi connectivity index (χ1) is 21.7. The molecule has 6 aromatic rings. The Morgan fingerprint density at radius 1 is 0.889 bits per heavy atom. The fourth-order valence-electron chi connectivity index (χ4n) is 5.77. The Morgan fingerprint density at radius 3 is 2.22 bits per heavy atom. The van der Waals surface area contributed by atoms with E-state index in [4.69, 9.17) is 25.4 Å². The number of methoxy groups -OCH3 is 2. The van der Waals surface area contributed by atoms with E-state index < -0.39 is 11.6 Å². The molecule has 45 heavy (non-hydrogen) atoms. The molecule has 0 aliphatic carbocycles. The molecule has 10 heteroatoms. The number of nitrogens with one attached hydrogen (secondary N) is 3. The van der Waals surface area contributed by atoms with Crippen LogP contribution in [0.4, 0.5) is 0 Å². The summed E-state index contributed by atoms with van der Waals surface area (Å²) in [6.07, 6.45) is 5.94. The number of amides is 1. The lowest BCUT2D eigenvalue weighted by Crippen LogP contribution is -2.50. The highest BCUT2D eigenvalue weighted by Gasteiger charge is 2.30. The van der Waals surface area contributed by atoms with E-state index in [0.29, 0.717) is 36.7 Å². The molecular formula is C35H39N7O3. The molecule has 1 amide bonds. The fourth-order valence-corrected chi connectivity index (χ4v) is 5.77. The lowest BCUT2D eigenvalue weighted by molar-refractivity contribution is -0.126. The van der Waals surface area contributed by atoms with Gasteiger partial charge in [-0.3, -0.25) is 4.79 Å². The second-order valence-corrected chi connectivity index (χ2v) is 11.9. The van der Waals surface area contributed by atoms with Gasteiger partial charge in [0, 0.05) is 58.7 Å². The maximum absolute atomic E-state index is 13.4. The molecular weight excluding hydrogens is 566 g/mol. The molecule has 3 heterocycles. The molecule has 6 rings (SSSR count). The molecule has 0 unspecified atom stereocenters. The first-order valence-corrected chi connectivity index (χ1v) is 15.1. The fraction of sp³-hybridized carbons (Fsp3) is 0.286. The normalized spacial score (nSPS) is 12.5. The topological polar surface area (TPSA) is 136 Å². The van der Waals surface area contributed by atoms with Crippen LogP contribution in [0.25, 0.3) is 21.8 Å². The first kappa shape index (κ1) is 30.0. The van der Waals surface area contributed by atoms with Crippen molar-refractivity contribution in [3.8, 4) is 11.5 Å². The lowest BCUT2D eigenvalue weighted by Gasteiger charge is -2.25. The highest BCUT2D eigenvalue weighted by molar-refractivity contribution is 5.86. The average Bonchev–Trinajstić information content (AvgIpc) is 3.76. The monoisotopic (exact) mass is 605 g/mol. The predicted molar refractivity (Wildman–Crippen MR) is 176 cm³/mol. The van der Waals surface area contributed by atoms with Crippen molar-refractivity contribution >= 4 is 27.7 Å². The van der Waals surface area contributed by atoms with E-state index >= 15 is 0 Å². The molecule has 0 saturated heterocycles. The van der Waals surface area contributed by atoms with Gasteiger partial charge in [-0.25, -0.2) is 0 Å². The molecule has 0 aliphatic rings. The summed E-state index contributed by atoms with van der Waals surface area (Å²) in [4.78, 5) is 20.1. The largest absolute Gasteiger partial charge is 0.497 e. The average molecular weight is 606 g/mol. The first-order valence-electron chi connectivity index (χ1n) is 15.1. The molecule has 0 fully saturated rings. The predicted octanol–water partition coefficient (Wildman–Crippen LogP) is 5.23. The van der Waals surface area contributed by atoms with Gasteiger partial charge in [-0.05, 0) is 55.7 Å². The van der Waals surface area contributed by atoms with Crippen LogP contribution in [-0.2, 0) is 30.6 Å². The summed E-state index contributed by atoms with van der Waals surface area (Å²) in [5.74, 6) is 2.57. The molecule has 0 aliphatic heterocycles. The standard InChI is InChI=1S/C35H39N7O3/c1-35(2,36)34(43)39-30(17-24-20-38-29-12-8-6-10-27(24)29)33-41-40-32(16-14-22-19-37-28-11-7-5-9-26(22)28)42(33)21-23-13-15-25(44-3)18-31(23)45-4/h5-13,15,18-20,30,37-38H,14,16-17,21,36H2,1-4H3,(H,39,43)/t30-/m0/s1. The highest BCUT2D eigenvalue weighted by atomic mass is 16.5. The van der Waals surface area contributed by atoms with E-state index in [0.717, 1.165) is 39.8 Å². The molecule has 3 aromatic carbocycles. The number of para-hydroxylation sites is 2. The van der Waals surface area contributed by atoms with Crippen LogP contribution in [0.2, 0.25) is 0 Å². The molecule has 5 N–H and O–H groups in total. The van der Waals surface area contributed by atoms with Gasteiger partial charge in [0.05, 0.1) is 32.3 Å². The number of fused-ring (bicyclic) bond motifs is 2. The molecule has 3 aromatic heterocycles. The van der Waals surface area contributed by atoms with E-state index in [1.54, 1.807) is 28.1 Å². The third kappa shape index (κ3) is 6.28. The highest BCUT2D eigenvalue weighted by Crippen LogP contribution is 2.29. The number of H-pyrrole nitrogens is 2. The zero-order valence-electron chi connectivity index (χ0n) is 26.1. The Balaban J connectivity index is 1.42. The van der Waals surface area contributed by atoms with Crippen LogP contribution in [-0.4, -0.2) is 50.4 Å². The van der Waals surface area contributed by atoms with Gasteiger partial charge in [0.15, 0.2) is 5.82 Å². The van der Waals surface area contributed by atoms with E-state index in [9.17, 15) is 4.79 Å². The Labute approximate surface area is 262 Å². The van der Waals surface area contributed by atoms with Crippen molar-refractivity contribution in [1.82, 2.24) is 30.0 Å². The number of nitrogens with zero attached hydrogens (tertiary/aromatic N) is 3. The summed E-state index contributed by atoms with van der Waals surface area (Å²) in [5.41, 5.74) is 10.5. The minimum Gasteiger partial charge on any atom is -0.497 e. The minimum atomic E-state index is -1.08. The van der Waals surface area contributed by atoms with Crippen LogP contribution in [0.15, 0.2) is 79.1 Å². The van der Waals surface area contributed by atoms with E-state index in [1.165, 1.54) is 10.9 Å². The van der Waals surface area contributed by atoms with E-state index in [-0.39, 0.29) is 5.91 Å². The second-order valence-electron chi connectivity index (χ2n) is 11.9. The number of carbonyl (C=O) groups is 1. The number of aromatic amines is 2. The summed E-state index contributed by atoms with van der Waals surface area (Å²) >= 11 is 0. The Morgan fingerprint density at radius 2 is 1.56 bits per heavy atom. The van der Waals surface area contributed by atoms with Crippen LogP contribution >= 0.6 is 0 Å². The number of carbonyl (C=O) groups excluding carboxylic acids is 1. The van der Waals surface area contributed by atoms with Crippen LogP contribution in [0, 0.1) is 0 Å². The molecule has 0 bridgehead atoms. The second kappa shape index (κ2) is 12.5. The van der Waals surface area contributed by atoms with Crippen LogP contribution in [0.1, 0.15) is 48.2 Å². The number of nitrogens with two attached hydrogens (primary N) is 1. The number of hydrogen-bond donors (Lipinski definition) is 4. The molecule has 232 valence electrons. The van der Waals surface area contributed by atoms with Gasteiger partial charge in [-0.2, -0.15) is 0 Å². The maximum atomic E-state index is 13.4. The van der Waals surface area contributed by atoms with Gasteiger partial charge in [-0.15, -0.1) is 10.2 Å². The summed E-state index contributed by atoms with van der Waals surface area (Å²) in [5, 5.41) is 14.9. The number of aryl methyl sites for hydroxylation is 2. The van der Waals surface area contributed by atoms with Crippen molar-refractivity contribution in [2.45, 2.75) is 51.2 Å². The molecule has 1 atom stereocenters. The van der Waals surface area contributed by atoms with Crippen molar-refractivity contribution in [1.29, 1.82) is 0 Å². The van der Waals surface area contributed by atoms with Gasteiger partial charge in [-0.1, -0.05) is 36.4 Å². The summed E-state index contributed by atoms with van der Waals surface area (Å²) in [7, 11) is 3.28. The van der Waals surface area contributed by atoms with E-state index in [2.05, 4.69) is 44.2 Å². The van der Waals surface area contributed by atoms with Crippen molar-refractivity contribution in [3.05, 3.63) is 107 Å². The summed E-state index contributed by atoms with van der Waals surface area (Å²) in [6, 6.07) is 21.7. The van der Waals surface area contributed by atoms with Gasteiger partial charge in [0.2, 0.25) is 5.91 Å². The Kier molecular flexibility index (Phi) is 8.32. The van der Waals surface area contributed by atoms with Crippen molar-refractivity contribution in [3.63, 3.8) is 0 Å². The van der Waals surface area contributed by atoms with Gasteiger partial charge in [0.1, 0.15) is 17.3 Å². The minimum absolute atomic E-state index is 0.274. The van der Waals surface area contributed by atoms with Crippen molar-refractivity contribution < 1.29 is 14.3 Å². The van der Waals surface area contributed by atoms with Gasteiger partial charge < -0.3 is 35.1 Å². The van der Waals surface area contributed by atoms with Crippen molar-refractivity contribution in [2.75, 3.05) is 14.2 Å². The quantitative estimate of drug-likeness (QED) is 0.151. The van der Waals surface area contributed by atoms with Crippen LogP contribution in [0.3, 0.4) is 0 Å². The van der Waals surface area contributed by atoms with Crippen LogP contribution < -0.4 is 20.5 Å². The Bertz CT molecular complexity index is 1950. The third-order valence-corrected chi connectivity index (χ3v) is 8.27. The van der Waals surface area contributed by atoms with Crippen molar-refractivity contribution in [2.24, 2.45) is 5.73 Å².